The number of likely N-dealkylation sites (tertiary alicyclic amines) is 1. The first-order valence-corrected chi connectivity index (χ1v) is 6.72. The van der Waals surface area contributed by atoms with E-state index in [1.807, 2.05) is 0 Å². The molecule has 1 aliphatic rings. The van der Waals surface area contributed by atoms with Gasteiger partial charge >= 0.3 is 0 Å². The van der Waals surface area contributed by atoms with Crippen molar-refractivity contribution in [2.45, 2.75) is 52.5 Å². The highest BCUT2D eigenvalue weighted by molar-refractivity contribution is 4.77. The smallest absolute Gasteiger partial charge is 0.00669 e. The third kappa shape index (κ3) is 4.52. The zero-order chi connectivity index (χ0) is 11.1. The van der Waals surface area contributed by atoms with Gasteiger partial charge in [0.05, 0.1) is 0 Å². The van der Waals surface area contributed by atoms with Gasteiger partial charge in [0.25, 0.3) is 0 Å². The van der Waals surface area contributed by atoms with Crippen molar-refractivity contribution in [1.82, 2.24) is 10.2 Å². The summed E-state index contributed by atoms with van der Waals surface area (Å²) in [5.41, 5.74) is 0. The lowest BCUT2D eigenvalue weighted by atomic mass is 9.96. The van der Waals surface area contributed by atoms with Crippen LogP contribution in [-0.2, 0) is 0 Å². The Bertz CT molecular complexity index is 159. The highest BCUT2D eigenvalue weighted by Gasteiger charge is 2.22. The molecule has 1 N–H and O–H groups in total. The van der Waals surface area contributed by atoms with Crippen LogP contribution in [0.2, 0.25) is 0 Å². The van der Waals surface area contributed by atoms with Gasteiger partial charge in [-0.2, -0.15) is 0 Å². The average Bonchev–Trinajstić information content (AvgIpc) is 2.27. The third-order valence-electron chi connectivity index (χ3n) is 3.56. The van der Waals surface area contributed by atoms with Gasteiger partial charge < -0.3 is 10.2 Å². The number of nitrogens with zero attached hydrogens (tertiary/aromatic N) is 1. The van der Waals surface area contributed by atoms with Gasteiger partial charge in [0, 0.05) is 12.6 Å². The van der Waals surface area contributed by atoms with Crippen LogP contribution in [0, 0.1) is 5.92 Å². The molecular formula is C13H28N2. The summed E-state index contributed by atoms with van der Waals surface area (Å²) in [5, 5.41) is 3.48. The SMILES string of the molecule is CCCC(C)N1CCCC(CNCC)C1. The molecule has 0 aromatic heterocycles. The van der Waals surface area contributed by atoms with Crippen LogP contribution >= 0.6 is 0 Å². The fourth-order valence-electron chi connectivity index (χ4n) is 2.61. The maximum Gasteiger partial charge on any atom is 0.00669 e. The lowest BCUT2D eigenvalue weighted by Gasteiger charge is -2.37. The van der Waals surface area contributed by atoms with Crippen molar-refractivity contribution in [3.05, 3.63) is 0 Å². The maximum atomic E-state index is 3.48. The van der Waals surface area contributed by atoms with Crippen molar-refractivity contribution in [2.24, 2.45) is 5.92 Å². The van der Waals surface area contributed by atoms with E-state index in [1.54, 1.807) is 0 Å². The molecule has 1 heterocycles. The van der Waals surface area contributed by atoms with E-state index < -0.39 is 0 Å². The highest BCUT2D eigenvalue weighted by atomic mass is 15.2. The Balaban J connectivity index is 2.28. The molecule has 90 valence electrons. The number of hydrogen-bond acceptors (Lipinski definition) is 2. The molecule has 0 amide bonds. The van der Waals surface area contributed by atoms with Gasteiger partial charge in [0.2, 0.25) is 0 Å². The largest absolute Gasteiger partial charge is 0.317 e. The summed E-state index contributed by atoms with van der Waals surface area (Å²) in [6.07, 6.45) is 5.48. The van der Waals surface area contributed by atoms with Crippen LogP contribution in [-0.4, -0.2) is 37.1 Å². The highest BCUT2D eigenvalue weighted by Crippen LogP contribution is 2.19. The number of nitrogens with one attached hydrogen (secondary N) is 1. The molecule has 2 nitrogen and oxygen atoms in total. The van der Waals surface area contributed by atoms with Gasteiger partial charge in [-0.3, -0.25) is 0 Å². The van der Waals surface area contributed by atoms with Gasteiger partial charge in [-0.05, 0) is 51.7 Å². The topological polar surface area (TPSA) is 15.3 Å². The summed E-state index contributed by atoms with van der Waals surface area (Å²) in [6, 6.07) is 0.791. The standard InChI is InChI=1S/C13H28N2/c1-4-7-12(3)15-9-6-8-13(11-15)10-14-5-2/h12-14H,4-11H2,1-3H3. The molecule has 0 aromatic rings. The molecule has 0 aromatic carbocycles. The number of hydrogen-bond donors (Lipinski definition) is 1. The van der Waals surface area contributed by atoms with Crippen molar-refractivity contribution in [3.63, 3.8) is 0 Å². The van der Waals surface area contributed by atoms with Crippen LogP contribution in [0.1, 0.15) is 46.5 Å². The van der Waals surface area contributed by atoms with Crippen LogP contribution < -0.4 is 5.32 Å². The predicted octanol–water partition coefficient (Wildman–Crippen LogP) is 2.50. The monoisotopic (exact) mass is 212 g/mol. The molecule has 1 rings (SSSR count). The molecular weight excluding hydrogens is 184 g/mol. The summed E-state index contributed by atoms with van der Waals surface area (Å²) >= 11 is 0. The second-order valence-electron chi connectivity index (χ2n) is 4.95. The number of piperidine rings is 1. The zero-order valence-electron chi connectivity index (χ0n) is 10.8. The third-order valence-corrected chi connectivity index (χ3v) is 3.56. The first-order valence-electron chi connectivity index (χ1n) is 6.72. The molecule has 0 aliphatic carbocycles. The van der Waals surface area contributed by atoms with Gasteiger partial charge in [0.15, 0.2) is 0 Å². The fraction of sp³-hybridized carbons (Fsp3) is 1.00. The quantitative estimate of drug-likeness (QED) is 0.728. The molecule has 1 saturated heterocycles. The van der Waals surface area contributed by atoms with Gasteiger partial charge in [0.1, 0.15) is 0 Å². The second kappa shape index (κ2) is 7.24. The molecule has 1 aliphatic heterocycles. The summed E-state index contributed by atoms with van der Waals surface area (Å²) in [4.78, 5) is 2.69. The number of rotatable bonds is 6. The van der Waals surface area contributed by atoms with Crippen LogP contribution in [0.5, 0.6) is 0 Å². The molecule has 2 unspecified atom stereocenters. The van der Waals surface area contributed by atoms with Crippen molar-refractivity contribution in [3.8, 4) is 0 Å². The maximum absolute atomic E-state index is 3.48. The Morgan fingerprint density at radius 2 is 2.20 bits per heavy atom. The van der Waals surface area contributed by atoms with Crippen LogP contribution in [0.15, 0.2) is 0 Å². The molecule has 0 spiro atoms. The normalized spacial score (nSPS) is 25.4. The Hall–Kier alpha value is -0.0800. The van der Waals surface area contributed by atoms with Gasteiger partial charge in [-0.25, -0.2) is 0 Å². The summed E-state index contributed by atoms with van der Waals surface area (Å²) in [5.74, 6) is 0.887. The molecule has 0 bridgehead atoms. The summed E-state index contributed by atoms with van der Waals surface area (Å²) in [7, 11) is 0. The van der Waals surface area contributed by atoms with E-state index in [1.165, 1.54) is 45.3 Å². The van der Waals surface area contributed by atoms with Gasteiger partial charge in [-0.15, -0.1) is 0 Å². The Kier molecular flexibility index (Phi) is 6.26. The molecule has 0 radical (unpaired) electrons. The minimum atomic E-state index is 0.791. The first kappa shape index (κ1) is 13.0. The van der Waals surface area contributed by atoms with E-state index in [-0.39, 0.29) is 0 Å². The average molecular weight is 212 g/mol. The van der Waals surface area contributed by atoms with E-state index in [0.717, 1.165) is 18.5 Å². The molecule has 0 saturated carbocycles. The van der Waals surface area contributed by atoms with Crippen LogP contribution in [0.3, 0.4) is 0 Å². The Labute approximate surface area is 95.4 Å². The predicted molar refractivity (Wildman–Crippen MR) is 67.2 cm³/mol. The van der Waals surface area contributed by atoms with E-state index >= 15 is 0 Å². The minimum Gasteiger partial charge on any atom is -0.317 e. The molecule has 1 fully saturated rings. The van der Waals surface area contributed by atoms with E-state index in [2.05, 4.69) is 31.0 Å². The first-order chi connectivity index (χ1) is 7.27. The molecule has 15 heavy (non-hydrogen) atoms. The summed E-state index contributed by atoms with van der Waals surface area (Å²) in [6.45, 7) is 11.8. The fourth-order valence-corrected chi connectivity index (χ4v) is 2.61. The molecule has 2 heteroatoms. The minimum absolute atomic E-state index is 0.791. The van der Waals surface area contributed by atoms with Crippen LogP contribution in [0.4, 0.5) is 0 Å². The summed E-state index contributed by atoms with van der Waals surface area (Å²) < 4.78 is 0. The van der Waals surface area contributed by atoms with Crippen LogP contribution in [0.25, 0.3) is 0 Å². The zero-order valence-corrected chi connectivity index (χ0v) is 10.8. The van der Waals surface area contributed by atoms with E-state index in [9.17, 15) is 0 Å². The van der Waals surface area contributed by atoms with Crippen molar-refractivity contribution < 1.29 is 0 Å². The van der Waals surface area contributed by atoms with Crippen molar-refractivity contribution >= 4 is 0 Å². The Morgan fingerprint density at radius 3 is 2.87 bits per heavy atom. The van der Waals surface area contributed by atoms with Crippen molar-refractivity contribution in [2.75, 3.05) is 26.2 Å². The van der Waals surface area contributed by atoms with Crippen molar-refractivity contribution in [1.29, 1.82) is 0 Å². The van der Waals surface area contributed by atoms with Gasteiger partial charge in [-0.1, -0.05) is 20.3 Å². The van der Waals surface area contributed by atoms with E-state index in [0.29, 0.717) is 0 Å². The van der Waals surface area contributed by atoms with E-state index in [4.69, 9.17) is 0 Å². The Morgan fingerprint density at radius 1 is 1.40 bits per heavy atom. The second-order valence-corrected chi connectivity index (χ2v) is 4.95. The molecule has 2 atom stereocenters. The lowest BCUT2D eigenvalue weighted by Crippen LogP contribution is -2.43. The lowest BCUT2D eigenvalue weighted by molar-refractivity contribution is 0.125.